The van der Waals surface area contributed by atoms with Gasteiger partial charge in [-0.25, -0.2) is 4.79 Å². The number of anilines is 4. The first-order valence-corrected chi connectivity index (χ1v) is 13.6. The Morgan fingerprint density at radius 1 is 1.07 bits per heavy atom. The maximum atomic E-state index is 13.8. The van der Waals surface area contributed by atoms with Gasteiger partial charge in [0.1, 0.15) is 28.6 Å². The van der Waals surface area contributed by atoms with Gasteiger partial charge in [0.25, 0.3) is 16.8 Å². The number of aromatic carboxylic acids is 1. The van der Waals surface area contributed by atoms with Crippen molar-refractivity contribution in [2.45, 2.75) is 47.2 Å². The average Bonchev–Trinajstić information content (AvgIpc) is 3.46. The zero-order valence-corrected chi connectivity index (χ0v) is 24.7. The third-order valence-electron chi connectivity index (χ3n) is 7.55. The molecule has 0 radical (unpaired) electrons. The molecule has 5 rings (SSSR count). The first-order valence-electron chi connectivity index (χ1n) is 13.2. The smallest absolute Gasteiger partial charge is 0.337 e. The number of carboxylic acid groups (broad SMARTS) is 1. The monoisotopic (exact) mass is 591 g/mol. The molecule has 3 N–H and O–H groups in total. The number of nitrogens with zero attached hydrogens (tertiary/aromatic N) is 1. The number of carbonyl (C=O) groups is 2. The molecule has 1 aromatic heterocycles. The minimum Gasteiger partial charge on any atom is -0.497 e. The first kappa shape index (κ1) is 28.9. The number of hydrogen-bond donors (Lipinski definition) is 3. The van der Waals surface area contributed by atoms with E-state index in [2.05, 4.69) is 10.6 Å². The summed E-state index contributed by atoms with van der Waals surface area (Å²) < 4.78 is 11.2. The highest BCUT2D eigenvalue weighted by Crippen LogP contribution is 2.42. The highest BCUT2D eigenvalue weighted by molar-refractivity contribution is 6.33. The minimum absolute atomic E-state index is 0.00368. The maximum Gasteiger partial charge on any atom is 0.337 e. The molecule has 3 aromatic carbocycles. The number of carboxylic acids is 1. The second-order valence-corrected chi connectivity index (χ2v) is 11.8. The summed E-state index contributed by atoms with van der Waals surface area (Å²) in [7, 11) is 1.44. The van der Waals surface area contributed by atoms with Crippen LogP contribution in [0.15, 0.2) is 50.4 Å². The molecule has 1 aliphatic rings. The number of methoxy groups -OCH3 is 1. The van der Waals surface area contributed by atoms with E-state index in [1.54, 1.807) is 12.1 Å². The summed E-state index contributed by atoms with van der Waals surface area (Å²) in [6.45, 7) is 9.74. The van der Waals surface area contributed by atoms with E-state index in [1.807, 2.05) is 40.7 Å². The lowest BCUT2D eigenvalue weighted by atomic mass is 9.84. The summed E-state index contributed by atoms with van der Waals surface area (Å²) in [5.74, 6) is 0.0233. The van der Waals surface area contributed by atoms with E-state index in [9.17, 15) is 24.3 Å². The summed E-state index contributed by atoms with van der Waals surface area (Å²) >= 11 is 6.48. The summed E-state index contributed by atoms with van der Waals surface area (Å²) in [6, 6.07) is 8.92. The van der Waals surface area contributed by atoms with Crippen molar-refractivity contribution in [3.05, 3.63) is 95.6 Å². The number of furan rings is 1. The molecule has 0 saturated heterocycles. The lowest BCUT2D eigenvalue weighted by Crippen LogP contribution is -2.39. The van der Waals surface area contributed by atoms with Gasteiger partial charge in [-0.15, -0.1) is 0 Å². The highest BCUT2D eigenvalue weighted by Gasteiger charge is 2.37. The molecule has 1 amide bonds. The fraction of sp³-hybridized carbons (Fsp3) is 0.290. The van der Waals surface area contributed by atoms with E-state index in [1.165, 1.54) is 30.2 Å². The number of carbonyl (C=O) groups excluding carboxylic acids is 1. The van der Waals surface area contributed by atoms with E-state index < -0.39 is 34.2 Å². The predicted molar refractivity (Wildman–Crippen MR) is 161 cm³/mol. The van der Waals surface area contributed by atoms with Crippen LogP contribution in [0.1, 0.15) is 70.2 Å². The second-order valence-electron chi connectivity index (χ2n) is 11.4. The largest absolute Gasteiger partial charge is 0.497 e. The van der Waals surface area contributed by atoms with Gasteiger partial charge >= 0.3 is 5.97 Å². The van der Waals surface area contributed by atoms with Gasteiger partial charge < -0.3 is 29.8 Å². The van der Waals surface area contributed by atoms with Crippen LogP contribution in [0.2, 0.25) is 5.02 Å². The number of fused-ring (bicyclic) bond motifs is 1. The summed E-state index contributed by atoms with van der Waals surface area (Å²) in [5, 5.41) is 16.3. The number of rotatable bonds is 8. The van der Waals surface area contributed by atoms with Crippen LogP contribution >= 0.6 is 11.6 Å². The fourth-order valence-electron chi connectivity index (χ4n) is 5.11. The van der Waals surface area contributed by atoms with Crippen molar-refractivity contribution in [1.82, 2.24) is 0 Å². The quantitative estimate of drug-likeness (QED) is 0.212. The predicted octanol–water partition coefficient (Wildman–Crippen LogP) is 5.96. The molecule has 0 aliphatic carbocycles. The molecule has 42 heavy (non-hydrogen) atoms. The first-order chi connectivity index (χ1) is 19.7. The van der Waals surface area contributed by atoms with E-state index in [0.717, 1.165) is 11.3 Å². The molecular weight excluding hydrogens is 562 g/mol. The Morgan fingerprint density at radius 3 is 2.36 bits per heavy atom. The van der Waals surface area contributed by atoms with Crippen LogP contribution in [0, 0.1) is 19.3 Å². The minimum atomic E-state index is -1.21. The van der Waals surface area contributed by atoms with E-state index in [0.29, 0.717) is 22.1 Å². The topological polar surface area (TPSA) is 138 Å². The highest BCUT2D eigenvalue weighted by atomic mass is 35.5. The van der Waals surface area contributed by atoms with E-state index >= 15 is 0 Å². The Labute approximate surface area is 246 Å². The van der Waals surface area contributed by atoms with Crippen molar-refractivity contribution >= 4 is 46.2 Å². The number of ether oxygens (including phenoxy) is 1. The van der Waals surface area contributed by atoms with Gasteiger partial charge in [0.15, 0.2) is 0 Å². The standard InChI is InChI=1S/C31H30ClN3O7/c1-14-11-22(42-15(14)2)28(31(3,4)5)34-25-24(26(36)27(25)37)33-20-10-9-19(32)18-13-35(29(38)23(18)20)21-12-16(41-6)7-8-17(21)30(39)40/h7-12,28,33-34H,13H2,1-6H3,(H,39,40)/t28-/m0/s1. The van der Waals surface area contributed by atoms with Crippen molar-refractivity contribution in [2.75, 3.05) is 22.6 Å². The Kier molecular flexibility index (Phi) is 7.14. The molecule has 218 valence electrons. The molecule has 10 nitrogen and oxygen atoms in total. The molecule has 1 atom stereocenters. The number of nitrogens with one attached hydrogen (secondary N) is 2. The third kappa shape index (κ3) is 4.81. The molecule has 1 aliphatic heterocycles. The zero-order chi connectivity index (χ0) is 30.7. The van der Waals surface area contributed by atoms with Gasteiger partial charge in [0.2, 0.25) is 0 Å². The maximum absolute atomic E-state index is 13.8. The normalized spacial score (nSPS) is 13.8. The van der Waals surface area contributed by atoms with Gasteiger partial charge in [-0.3, -0.25) is 14.4 Å². The fourth-order valence-corrected chi connectivity index (χ4v) is 5.33. The van der Waals surface area contributed by atoms with Crippen molar-refractivity contribution in [2.24, 2.45) is 5.41 Å². The van der Waals surface area contributed by atoms with Crippen LogP contribution in [0.5, 0.6) is 5.75 Å². The Bertz CT molecular complexity index is 1810. The number of halogens is 1. The average molecular weight is 592 g/mol. The van der Waals surface area contributed by atoms with Gasteiger partial charge in [-0.05, 0) is 55.2 Å². The van der Waals surface area contributed by atoms with Crippen LogP contribution in [0.3, 0.4) is 0 Å². The number of amides is 1. The van der Waals surface area contributed by atoms with Crippen LogP contribution in [0.25, 0.3) is 0 Å². The van der Waals surface area contributed by atoms with Crippen LogP contribution in [0.4, 0.5) is 22.7 Å². The zero-order valence-electron chi connectivity index (χ0n) is 24.0. The van der Waals surface area contributed by atoms with E-state index in [-0.39, 0.29) is 40.4 Å². The Balaban J connectivity index is 1.52. The summed E-state index contributed by atoms with van der Waals surface area (Å²) in [6.07, 6.45) is 0. The lowest BCUT2D eigenvalue weighted by molar-refractivity contribution is 0.0697. The molecule has 11 heteroatoms. The SMILES string of the molecule is COc1ccc(C(=O)O)c(N2Cc3c(Cl)ccc(Nc4c(N[C@@H](c5cc(C)c(C)o5)C(C)(C)C)c(=O)c4=O)c3C2=O)c1. The molecule has 0 bridgehead atoms. The number of aryl methyl sites for hydroxylation is 2. The molecule has 4 aromatic rings. The van der Waals surface area contributed by atoms with E-state index in [4.69, 9.17) is 20.8 Å². The van der Waals surface area contributed by atoms with Crippen LogP contribution < -0.4 is 31.1 Å². The summed E-state index contributed by atoms with van der Waals surface area (Å²) in [5.41, 5.74) is 0.169. The van der Waals surface area contributed by atoms with Gasteiger partial charge in [-0.2, -0.15) is 0 Å². The van der Waals surface area contributed by atoms with Gasteiger partial charge in [0.05, 0.1) is 42.2 Å². The van der Waals surface area contributed by atoms with Crippen molar-refractivity contribution in [1.29, 1.82) is 0 Å². The second kappa shape index (κ2) is 10.4. The molecule has 0 fully saturated rings. The third-order valence-corrected chi connectivity index (χ3v) is 7.91. The van der Waals surface area contributed by atoms with Crippen molar-refractivity contribution < 1.29 is 23.8 Å². The Hall–Kier alpha value is -4.57. The molecular formula is C31H30ClN3O7. The van der Waals surface area contributed by atoms with Crippen LogP contribution in [-0.4, -0.2) is 24.1 Å². The molecule has 0 saturated carbocycles. The van der Waals surface area contributed by atoms with Gasteiger partial charge in [-0.1, -0.05) is 32.4 Å². The van der Waals surface area contributed by atoms with Crippen molar-refractivity contribution in [3.63, 3.8) is 0 Å². The Morgan fingerprint density at radius 2 is 1.76 bits per heavy atom. The molecule has 0 spiro atoms. The van der Waals surface area contributed by atoms with Crippen LogP contribution in [-0.2, 0) is 6.54 Å². The van der Waals surface area contributed by atoms with Gasteiger partial charge in [0, 0.05) is 16.7 Å². The van der Waals surface area contributed by atoms with Crippen molar-refractivity contribution in [3.8, 4) is 5.75 Å². The lowest BCUT2D eigenvalue weighted by Gasteiger charge is -2.31. The summed E-state index contributed by atoms with van der Waals surface area (Å²) in [4.78, 5) is 52.6. The number of benzene rings is 2. The molecule has 2 heterocycles. The number of hydrogen-bond acceptors (Lipinski definition) is 8. The molecule has 0 unspecified atom stereocenters.